The van der Waals surface area contributed by atoms with Gasteiger partial charge in [-0.3, -0.25) is 19.5 Å². The highest BCUT2D eigenvalue weighted by Gasteiger charge is 2.52. The molecule has 2 amide bonds. The number of aromatic amines is 1. The molecule has 3 heterocycles. The van der Waals surface area contributed by atoms with Gasteiger partial charge in [-0.2, -0.15) is 0 Å². The molecule has 0 radical (unpaired) electrons. The number of carbonyl (C=O) groups excluding carboxylic acids is 2. The Kier molecular flexibility index (Phi) is 5.29. The lowest BCUT2D eigenvalue weighted by Crippen LogP contribution is -2.44. The van der Waals surface area contributed by atoms with Gasteiger partial charge in [0.1, 0.15) is 0 Å². The Bertz CT molecular complexity index is 1420. The first kappa shape index (κ1) is 21.8. The van der Waals surface area contributed by atoms with Gasteiger partial charge in [0, 0.05) is 53.7 Å². The molecule has 2 fully saturated rings. The van der Waals surface area contributed by atoms with Gasteiger partial charge in [-0.05, 0) is 49.4 Å². The van der Waals surface area contributed by atoms with E-state index in [-0.39, 0.29) is 17.9 Å². The summed E-state index contributed by atoms with van der Waals surface area (Å²) < 4.78 is 0. The zero-order chi connectivity index (χ0) is 24.0. The fourth-order valence-electron chi connectivity index (χ4n) is 5.40. The molecule has 1 saturated heterocycles. The van der Waals surface area contributed by atoms with Crippen molar-refractivity contribution in [3.8, 4) is 0 Å². The number of piperidine rings is 1. The van der Waals surface area contributed by atoms with Crippen LogP contribution in [0.1, 0.15) is 47.3 Å². The van der Waals surface area contributed by atoms with Crippen molar-refractivity contribution in [1.82, 2.24) is 20.2 Å². The van der Waals surface area contributed by atoms with Crippen molar-refractivity contribution in [3.63, 3.8) is 0 Å². The van der Waals surface area contributed by atoms with Gasteiger partial charge < -0.3 is 16.0 Å². The van der Waals surface area contributed by atoms with E-state index in [1.54, 1.807) is 6.20 Å². The first-order valence-electron chi connectivity index (χ1n) is 12.3. The summed E-state index contributed by atoms with van der Waals surface area (Å²) >= 11 is 0. The number of fused-ring (bicyclic) bond motifs is 3. The number of hydrogen-bond donors (Lipinski definition) is 3. The number of likely N-dealkylation sites (tertiary alicyclic amines) is 1. The fourth-order valence-corrected chi connectivity index (χ4v) is 5.40. The van der Waals surface area contributed by atoms with Crippen LogP contribution in [0.2, 0.25) is 0 Å². The average molecular weight is 468 g/mol. The molecule has 7 heteroatoms. The summed E-state index contributed by atoms with van der Waals surface area (Å²) in [6.07, 6.45) is 5.07. The second-order valence-corrected chi connectivity index (χ2v) is 9.92. The van der Waals surface area contributed by atoms with Crippen molar-refractivity contribution < 1.29 is 9.59 Å². The van der Waals surface area contributed by atoms with Crippen LogP contribution in [-0.4, -0.2) is 45.8 Å². The number of H-pyrrole nitrogens is 1. The van der Waals surface area contributed by atoms with Gasteiger partial charge in [0.2, 0.25) is 5.91 Å². The van der Waals surface area contributed by atoms with Crippen LogP contribution < -0.4 is 11.1 Å². The van der Waals surface area contributed by atoms with E-state index in [4.69, 9.17) is 5.73 Å². The number of benzene rings is 2. The second kappa shape index (κ2) is 8.50. The molecule has 178 valence electrons. The van der Waals surface area contributed by atoms with E-state index in [9.17, 15) is 9.59 Å². The topological polar surface area (TPSA) is 104 Å². The largest absolute Gasteiger partial charge is 0.369 e. The fraction of sp³-hybridized carbons (Fsp3) is 0.321. The van der Waals surface area contributed by atoms with Crippen molar-refractivity contribution in [2.75, 3.05) is 13.1 Å². The Morgan fingerprint density at radius 2 is 1.83 bits per heavy atom. The van der Waals surface area contributed by atoms with Crippen molar-refractivity contribution in [2.24, 2.45) is 5.73 Å². The molecule has 1 aliphatic heterocycles. The number of nitrogens with two attached hydrogens (primary N) is 1. The maximum absolute atomic E-state index is 13.1. The molecule has 2 aromatic heterocycles. The molecular formula is C28H29N5O2. The van der Waals surface area contributed by atoms with Crippen LogP contribution >= 0.6 is 0 Å². The zero-order valence-electron chi connectivity index (χ0n) is 19.6. The molecule has 0 unspecified atom stereocenters. The Morgan fingerprint density at radius 3 is 2.54 bits per heavy atom. The van der Waals surface area contributed by atoms with E-state index in [1.807, 2.05) is 30.3 Å². The molecule has 1 saturated carbocycles. The number of primary amides is 1. The maximum Gasteiger partial charge on any atom is 0.251 e. The summed E-state index contributed by atoms with van der Waals surface area (Å²) in [5, 5.41) is 5.23. The van der Waals surface area contributed by atoms with Crippen molar-refractivity contribution >= 4 is 33.6 Å². The number of carbonyl (C=O) groups is 2. The number of nitrogens with zero attached hydrogens (tertiary/aromatic N) is 2. The molecular weight excluding hydrogens is 438 g/mol. The average Bonchev–Trinajstić information content (AvgIpc) is 3.60. The van der Waals surface area contributed by atoms with E-state index in [0.29, 0.717) is 11.3 Å². The van der Waals surface area contributed by atoms with Crippen molar-refractivity contribution in [3.05, 3.63) is 77.6 Å². The highest BCUT2D eigenvalue weighted by molar-refractivity contribution is 6.11. The number of aromatic nitrogens is 2. The molecule has 0 bridgehead atoms. The lowest BCUT2D eigenvalue weighted by Gasteiger charge is -2.32. The summed E-state index contributed by atoms with van der Waals surface area (Å²) in [4.78, 5) is 35.5. The third-order valence-electron chi connectivity index (χ3n) is 7.63. The van der Waals surface area contributed by atoms with E-state index >= 15 is 0 Å². The summed E-state index contributed by atoms with van der Waals surface area (Å²) in [6.45, 7) is 2.89. The quantitative estimate of drug-likeness (QED) is 0.403. The maximum atomic E-state index is 13.1. The molecule has 6 rings (SSSR count). The zero-order valence-corrected chi connectivity index (χ0v) is 19.6. The number of rotatable bonds is 6. The first-order valence-corrected chi connectivity index (χ1v) is 12.3. The predicted octanol–water partition coefficient (Wildman–Crippen LogP) is 3.63. The van der Waals surface area contributed by atoms with Crippen LogP contribution in [0, 0.1) is 0 Å². The van der Waals surface area contributed by atoms with E-state index in [2.05, 4.69) is 44.5 Å². The molecule has 1 aliphatic carbocycles. The van der Waals surface area contributed by atoms with Gasteiger partial charge in [-0.15, -0.1) is 0 Å². The number of nitrogens with one attached hydrogen (secondary N) is 2. The minimum absolute atomic E-state index is 0.0544. The molecule has 2 aromatic carbocycles. The Labute approximate surface area is 203 Å². The number of hydrogen-bond acceptors (Lipinski definition) is 4. The normalized spacial score (nSPS) is 18.1. The number of amides is 2. The molecule has 0 spiro atoms. The second-order valence-electron chi connectivity index (χ2n) is 9.92. The molecule has 2 aliphatic rings. The Hall–Kier alpha value is -3.71. The molecule has 7 nitrogen and oxygen atoms in total. The third-order valence-corrected chi connectivity index (χ3v) is 7.63. The van der Waals surface area contributed by atoms with E-state index < -0.39 is 5.41 Å². The smallest absolute Gasteiger partial charge is 0.251 e. The van der Waals surface area contributed by atoms with Gasteiger partial charge in [0.05, 0.1) is 16.6 Å². The number of pyridine rings is 1. The molecule has 4 N–H and O–H groups in total. The Balaban J connectivity index is 1.17. The molecule has 0 atom stereocenters. The van der Waals surface area contributed by atoms with Crippen LogP contribution in [0.15, 0.2) is 60.8 Å². The minimum Gasteiger partial charge on any atom is -0.369 e. The van der Waals surface area contributed by atoms with Gasteiger partial charge in [0.25, 0.3) is 5.91 Å². The van der Waals surface area contributed by atoms with Crippen LogP contribution in [0.25, 0.3) is 21.8 Å². The summed E-state index contributed by atoms with van der Waals surface area (Å²) in [7, 11) is 0. The highest BCUT2D eigenvalue weighted by atomic mass is 16.2. The van der Waals surface area contributed by atoms with E-state index in [1.165, 1.54) is 5.56 Å². The van der Waals surface area contributed by atoms with Gasteiger partial charge in [-0.25, -0.2) is 0 Å². The van der Waals surface area contributed by atoms with Crippen LogP contribution in [0.3, 0.4) is 0 Å². The van der Waals surface area contributed by atoms with Gasteiger partial charge >= 0.3 is 0 Å². The summed E-state index contributed by atoms with van der Waals surface area (Å²) in [5.74, 6) is -0.382. The van der Waals surface area contributed by atoms with Gasteiger partial charge in [-0.1, -0.05) is 36.4 Å². The Morgan fingerprint density at radius 1 is 1.06 bits per heavy atom. The standard InChI is InChI=1S/C28H29N5O2/c29-27(35)28(11-12-28)25-24-22(8-13-30-25)21-7-6-19(16-23(21)32-24)26(34)31-20-9-14-33(15-10-20)17-18-4-2-1-3-5-18/h1-8,13,16,20,32H,9-12,14-15,17H2,(H2,29,35)(H,31,34). The lowest BCUT2D eigenvalue weighted by molar-refractivity contribution is -0.120. The third kappa shape index (κ3) is 3.96. The van der Waals surface area contributed by atoms with Crippen molar-refractivity contribution in [1.29, 1.82) is 0 Å². The SMILES string of the molecule is NC(=O)C1(c2nccc3c2[nH]c2cc(C(=O)NC4CCN(Cc5ccccc5)CC4)ccc23)CC1. The summed E-state index contributed by atoms with van der Waals surface area (Å²) in [5.41, 5.74) is 9.39. The van der Waals surface area contributed by atoms with Crippen LogP contribution in [0.4, 0.5) is 0 Å². The highest BCUT2D eigenvalue weighted by Crippen LogP contribution is 2.49. The minimum atomic E-state index is -0.671. The van der Waals surface area contributed by atoms with Crippen LogP contribution in [0.5, 0.6) is 0 Å². The molecule has 4 aromatic rings. The van der Waals surface area contributed by atoms with Gasteiger partial charge in [0.15, 0.2) is 0 Å². The molecule has 35 heavy (non-hydrogen) atoms. The lowest BCUT2D eigenvalue weighted by atomic mass is 9.98. The monoisotopic (exact) mass is 467 g/mol. The van der Waals surface area contributed by atoms with Crippen LogP contribution in [-0.2, 0) is 16.8 Å². The summed E-state index contributed by atoms with van der Waals surface area (Å²) in [6, 6.07) is 18.4. The van der Waals surface area contributed by atoms with Crippen molar-refractivity contribution in [2.45, 2.75) is 43.7 Å². The first-order chi connectivity index (χ1) is 17.0. The van der Waals surface area contributed by atoms with E-state index in [0.717, 1.165) is 67.1 Å². The predicted molar refractivity (Wildman–Crippen MR) is 136 cm³/mol.